The summed E-state index contributed by atoms with van der Waals surface area (Å²) >= 11 is 0. The van der Waals surface area contributed by atoms with Gasteiger partial charge >= 0.3 is 0 Å². The molecule has 0 saturated heterocycles. The first-order chi connectivity index (χ1) is 17.4. The van der Waals surface area contributed by atoms with Gasteiger partial charge in [0.2, 0.25) is 5.76 Å². The van der Waals surface area contributed by atoms with Crippen molar-refractivity contribution in [2.75, 3.05) is 18.6 Å². The number of methoxy groups -OCH3 is 1. The number of benzene rings is 2. The normalized spacial score (nSPS) is 15.0. The van der Waals surface area contributed by atoms with Gasteiger partial charge in [0, 0.05) is 6.20 Å². The summed E-state index contributed by atoms with van der Waals surface area (Å²) in [6, 6.07) is 15.4. The van der Waals surface area contributed by atoms with Crippen LogP contribution in [-0.2, 0) is 0 Å². The van der Waals surface area contributed by atoms with Crippen LogP contribution in [0.5, 0.6) is 11.5 Å². The van der Waals surface area contributed by atoms with Crippen LogP contribution in [-0.4, -0.2) is 24.6 Å². The third-order valence-corrected chi connectivity index (χ3v) is 6.38. The second-order valence-electron chi connectivity index (χ2n) is 9.38. The number of carbonyl (C=O) groups is 1. The van der Waals surface area contributed by atoms with Gasteiger partial charge in [-0.2, -0.15) is 0 Å². The molecule has 1 aliphatic rings. The van der Waals surface area contributed by atoms with Gasteiger partial charge in [-0.3, -0.25) is 14.5 Å². The van der Waals surface area contributed by atoms with E-state index in [-0.39, 0.29) is 16.8 Å². The van der Waals surface area contributed by atoms with Crippen molar-refractivity contribution in [3.05, 3.63) is 93.5 Å². The van der Waals surface area contributed by atoms with Gasteiger partial charge in [0.1, 0.15) is 11.4 Å². The van der Waals surface area contributed by atoms with Crippen molar-refractivity contribution in [1.82, 2.24) is 4.98 Å². The zero-order valence-electron chi connectivity index (χ0n) is 20.8. The number of anilines is 1. The number of ether oxygens (including phenoxy) is 2. The standard InChI is InChI=1S/C29H28N2O5/c1-17(2)12-14-35-22-10-9-19(16-23(22)34-4)26-25-27(32)20-7-5-6-8-21(20)36-28(25)29(33)31(26)24-15-18(3)11-13-30-24/h5-11,13,15-17,26H,12,14H2,1-4H3/t26-/m1/s1. The number of amides is 1. The lowest BCUT2D eigenvalue weighted by molar-refractivity contribution is 0.0970. The molecule has 1 atom stereocenters. The summed E-state index contributed by atoms with van der Waals surface area (Å²) in [6.45, 7) is 6.77. The Kier molecular flexibility index (Phi) is 6.22. The fourth-order valence-electron chi connectivity index (χ4n) is 4.50. The van der Waals surface area contributed by atoms with E-state index in [9.17, 15) is 9.59 Å². The predicted molar refractivity (Wildman–Crippen MR) is 138 cm³/mol. The summed E-state index contributed by atoms with van der Waals surface area (Å²) in [4.78, 5) is 33.4. The summed E-state index contributed by atoms with van der Waals surface area (Å²) in [7, 11) is 1.57. The van der Waals surface area contributed by atoms with Crippen LogP contribution in [0, 0.1) is 12.8 Å². The van der Waals surface area contributed by atoms with Crippen molar-refractivity contribution in [2.45, 2.75) is 33.2 Å². The molecule has 0 saturated carbocycles. The maximum Gasteiger partial charge on any atom is 0.296 e. The van der Waals surface area contributed by atoms with Gasteiger partial charge in [-0.1, -0.05) is 32.0 Å². The zero-order valence-corrected chi connectivity index (χ0v) is 20.8. The Bertz CT molecular complexity index is 1510. The zero-order chi connectivity index (χ0) is 25.4. The van der Waals surface area contributed by atoms with Crippen LogP contribution in [0.3, 0.4) is 0 Å². The van der Waals surface area contributed by atoms with Crippen LogP contribution >= 0.6 is 0 Å². The van der Waals surface area contributed by atoms with E-state index in [0.717, 1.165) is 12.0 Å². The highest BCUT2D eigenvalue weighted by molar-refractivity contribution is 6.10. The van der Waals surface area contributed by atoms with Gasteiger partial charge in [-0.15, -0.1) is 0 Å². The lowest BCUT2D eigenvalue weighted by Gasteiger charge is -2.25. The molecule has 36 heavy (non-hydrogen) atoms. The van der Waals surface area contributed by atoms with Crippen molar-refractivity contribution >= 4 is 22.7 Å². The van der Waals surface area contributed by atoms with Crippen molar-refractivity contribution < 1.29 is 18.7 Å². The minimum Gasteiger partial charge on any atom is -0.493 e. The maximum absolute atomic E-state index is 13.7. The molecule has 1 aliphatic heterocycles. The summed E-state index contributed by atoms with van der Waals surface area (Å²) in [5, 5.41) is 0.425. The number of para-hydroxylation sites is 1. The average molecular weight is 485 g/mol. The number of fused-ring (bicyclic) bond motifs is 2. The van der Waals surface area contributed by atoms with Gasteiger partial charge in [-0.05, 0) is 66.8 Å². The molecule has 0 aliphatic carbocycles. The molecule has 0 N–H and O–H groups in total. The van der Waals surface area contributed by atoms with E-state index >= 15 is 0 Å². The minimum absolute atomic E-state index is 0.0308. The van der Waals surface area contributed by atoms with Crippen LogP contribution < -0.4 is 19.8 Å². The highest BCUT2D eigenvalue weighted by atomic mass is 16.5. The number of aromatic nitrogens is 1. The Hall–Kier alpha value is -4.13. The number of hydrogen-bond donors (Lipinski definition) is 0. The molecule has 0 bridgehead atoms. The van der Waals surface area contributed by atoms with Crippen molar-refractivity contribution in [2.24, 2.45) is 5.92 Å². The van der Waals surface area contributed by atoms with E-state index in [1.807, 2.05) is 37.3 Å². The number of hydrogen-bond acceptors (Lipinski definition) is 6. The Balaban J connectivity index is 1.68. The summed E-state index contributed by atoms with van der Waals surface area (Å²) < 4.78 is 17.6. The summed E-state index contributed by atoms with van der Waals surface area (Å²) in [5.41, 5.74) is 2.06. The third-order valence-electron chi connectivity index (χ3n) is 6.38. The van der Waals surface area contributed by atoms with Crippen molar-refractivity contribution in [1.29, 1.82) is 0 Å². The topological polar surface area (TPSA) is 81.9 Å². The second-order valence-corrected chi connectivity index (χ2v) is 9.38. The van der Waals surface area contributed by atoms with Crippen molar-refractivity contribution in [3.8, 4) is 11.5 Å². The Morgan fingerprint density at radius 2 is 1.86 bits per heavy atom. The smallest absolute Gasteiger partial charge is 0.296 e. The number of nitrogens with zero attached hydrogens (tertiary/aromatic N) is 2. The molecule has 184 valence electrons. The first-order valence-corrected chi connectivity index (χ1v) is 12.0. The molecule has 5 rings (SSSR count). The monoisotopic (exact) mass is 484 g/mol. The molecule has 0 fully saturated rings. The number of rotatable bonds is 7. The van der Waals surface area contributed by atoms with E-state index in [2.05, 4.69) is 18.8 Å². The largest absolute Gasteiger partial charge is 0.493 e. The molecule has 2 aromatic carbocycles. The molecular weight excluding hydrogens is 456 g/mol. The maximum atomic E-state index is 13.7. The average Bonchev–Trinajstić information content (AvgIpc) is 3.16. The fourth-order valence-corrected chi connectivity index (χ4v) is 4.50. The van der Waals surface area contributed by atoms with Gasteiger partial charge in [0.25, 0.3) is 5.91 Å². The highest BCUT2D eigenvalue weighted by Gasteiger charge is 2.44. The summed E-state index contributed by atoms with van der Waals surface area (Å²) in [5.74, 6) is 1.71. The lowest BCUT2D eigenvalue weighted by Crippen LogP contribution is -2.30. The predicted octanol–water partition coefficient (Wildman–Crippen LogP) is 5.68. The third kappa shape index (κ3) is 4.11. The number of pyridine rings is 1. The minimum atomic E-state index is -0.735. The lowest BCUT2D eigenvalue weighted by atomic mass is 9.98. The molecule has 4 aromatic rings. The quantitative estimate of drug-likeness (QED) is 0.336. The molecule has 0 unspecified atom stereocenters. The SMILES string of the molecule is COc1cc([C@@H]2c3c(oc4ccccc4c3=O)C(=O)N2c2cc(C)ccn2)ccc1OCCC(C)C. The van der Waals surface area contributed by atoms with Gasteiger partial charge in [0.05, 0.1) is 30.7 Å². The van der Waals surface area contributed by atoms with Gasteiger partial charge in [-0.25, -0.2) is 4.98 Å². The van der Waals surface area contributed by atoms with Crippen LogP contribution in [0.4, 0.5) is 5.82 Å². The van der Waals surface area contributed by atoms with Gasteiger partial charge in [0.15, 0.2) is 16.9 Å². The number of carbonyl (C=O) groups excluding carboxylic acids is 1. The van der Waals surface area contributed by atoms with Crippen molar-refractivity contribution in [3.63, 3.8) is 0 Å². The fraction of sp³-hybridized carbons (Fsp3) is 0.276. The molecule has 3 heterocycles. The first-order valence-electron chi connectivity index (χ1n) is 12.0. The van der Waals surface area contributed by atoms with E-state index in [4.69, 9.17) is 13.9 Å². The Morgan fingerprint density at radius 3 is 2.61 bits per heavy atom. The van der Waals surface area contributed by atoms with E-state index in [1.165, 1.54) is 4.90 Å². The van der Waals surface area contributed by atoms with Crippen LogP contribution in [0.15, 0.2) is 70.0 Å². The van der Waals surface area contributed by atoms with Crippen LogP contribution in [0.2, 0.25) is 0 Å². The Labute approximate surface area is 209 Å². The summed E-state index contributed by atoms with van der Waals surface area (Å²) in [6.07, 6.45) is 2.56. The Morgan fingerprint density at radius 1 is 1.06 bits per heavy atom. The molecule has 1 amide bonds. The first kappa shape index (κ1) is 23.6. The number of aryl methyl sites for hydroxylation is 1. The van der Waals surface area contributed by atoms with E-state index in [1.54, 1.807) is 37.6 Å². The molecule has 7 nitrogen and oxygen atoms in total. The van der Waals surface area contributed by atoms with Crippen LogP contribution in [0.1, 0.15) is 53.6 Å². The molecule has 0 spiro atoms. The second kappa shape index (κ2) is 9.49. The van der Waals surface area contributed by atoms with E-state index in [0.29, 0.717) is 46.4 Å². The molecule has 2 aromatic heterocycles. The molecule has 0 radical (unpaired) electrons. The highest BCUT2D eigenvalue weighted by Crippen LogP contribution is 2.42. The van der Waals surface area contributed by atoms with Crippen LogP contribution in [0.25, 0.3) is 11.0 Å². The molecular formula is C29H28N2O5. The molecule has 7 heteroatoms. The van der Waals surface area contributed by atoms with E-state index < -0.39 is 11.9 Å². The van der Waals surface area contributed by atoms with Gasteiger partial charge < -0.3 is 13.9 Å².